The Bertz CT molecular complexity index is 3130. The molecule has 2 aromatic heterocycles. The highest BCUT2D eigenvalue weighted by Gasteiger charge is 2.18. The standard InChI is InChI=1S/C52H32N4O/c53-33-43-16-7-8-21-44(43)39-18-10-20-41(31-39)51-54-50(40-19-9-17-38(30-40)35-14-5-2-6-15-35)55-52(56-51)42-28-29-46-48(32-42)57-47-23-11-22-45(49(46)47)37-26-24-36(25-27-37)34-12-3-1-4-13-34/h1-32H. The molecule has 0 aliphatic heterocycles. The zero-order valence-electron chi connectivity index (χ0n) is 30.7. The third kappa shape index (κ3) is 6.42. The SMILES string of the molecule is N#Cc1ccccc1-c1cccc(-c2nc(-c3cccc(-c4ccccc4)c3)nc(-c3ccc4c(c3)oc3cccc(-c5ccc(-c6ccccc6)cc5)c34)n2)c1. The smallest absolute Gasteiger partial charge is 0.164 e. The number of nitrogens with zero attached hydrogens (tertiary/aromatic N) is 4. The topological polar surface area (TPSA) is 75.6 Å². The van der Waals surface area contributed by atoms with Crippen LogP contribution in [0.1, 0.15) is 5.56 Å². The zero-order chi connectivity index (χ0) is 38.1. The summed E-state index contributed by atoms with van der Waals surface area (Å²) in [6, 6.07) is 68.1. The minimum atomic E-state index is 0.530. The van der Waals surface area contributed by atoms with Crippen molar-refractivity contribution in [2.75, 3.05) is 0 Å². The summed E-state index contributed by atoms with van der Waals surface area (Å²) >= 11 is 0. The number of hydrogen-bond acceptors (Lipinski definition) is 5. The van der Waals surface area contributed by atoms with E-state index in [0.29, 0.717) is 23.0 Å². The molecule has 0 unspecified atom stereocenters. The van der Waals surface area contributed by atoms with Gasteiger partial charge in [0.25, 0.3) is 0 Å². The average molecular weight is 729 g/mol. The Hall–Kier alpha value is -7.94. The Kier molecular flexibility index (Phi) is 8.48. The Morgan fingerprint density at radius 2 is 0.825 bits per heavy atom. The summed E-state index contributed by atoms with van der Waals surface area (Å²) in [5.41, 5.74) is 13.2. The van der Waals surface area contributed by atoms with Gasteiger partial charge in [-0.1, -0.05) is 158 Å². The van der Waals surface area contributed by atoms with Crippen LogP contribution >= 0.6 is 0 Å². The Morgan fingerprint density at radius 3 is 1.51 bits per heavy atom. The van der Waals surface area contributed by atoms with Crippen LogP contribution in [0.2, 0.25) is 0 Å². The van der Waals surface area contributed by atoms with Crippen LogP contribution in [0.25, 0.3) is 101 Å². The maximum absolute atomic E-state index is 9.85. The van der Waals surface area contributed by atoms with Crippen LogP contribution < -0.4 is 0 Å². The quantitative estimate of drug-likeness (QED) is 0.163. The van der Waals surface area contributed by atoms with Gasteiger partial charge in [-0.3, -0.25) is 0 Å². The van der Waals surface area contributed by atoms with Crippen molar-refractivity contribution >= 4 is 21.9 Å². The van der Waals surface area contributed by atoms with Crippen molar-refractivity contribution in [2.24, 2.45) is 0 Å². The van der Waals surface area contributed by atoms with Crippen LogP contribution in [0.5, 0.6) is 0 Å². The highest BCUT2D eigenvalue weighted by atomic mass is 16.3. The largest absolute Gasteiger partial charge is 0.456 e. The van der Waals surface area contributed by atoms with Gasteiger partial charge >= 0.3 is 0 Å². The number of benzene rings is 8. The van der Waals surface area contributed by atoms with Crippen molar-refractivity contribution in [1.82, 2.24) is 15.0 Å². The molecule has 0 atom stereocenters. The highest BCUT2D eigenvalue weighted by Crippen LogP contribution is 2.39. The Balaban J connectivity index is 1.10. The number of nitriles is 1. The fourth-order valence-corrected chi connectivity index (χ4v) is 7.57. The molecule has 0 spiro atoms. The molecule has 0 saturated carbocycles. The molecule has 0 aliphatic carbocycles. The van der Waals surface area contributed by atoms with Crippen LogP contribution in [0.3, 0.4) is 0 Å². The zero-order valence-corrected chi connectivity index (χ0v) is 30.7. The second kappa shape index (κ2) is 14.4. The lowest BCUT2D eigenvalue weighted by atomic mass is 9.96. The fourth-order valence-electron chi connectivity index (χ4n) is 7.57. The first-order valence-corrected chi connectivity index (χ1v) is 18.8. The van der Waals surface area contributed by atoms with Crippen molar-refractivity contribution in [3.8, 4) is 84.7 Å². The maximum Gasteiger partial charge on any atom is 0.164 e. The molecule has 5 heteroatoms. The third-order valence-corrected chi connectivity index (χ3v) is 10.4. The molecule has 0 fully saturated rings. The van der Waals surface area contributed by atoms with Gasteiger partial charge in [-0.05, 0) is 80.9 Å². The van der Waals surface area contributed by atoms with E-state index < -0.39 is 0 Å². The number of furan rings is 1. The molecule has 0 amide bonds. The first kappa shape index (κ1) is 33.6. The predicted octanol–water partition coefficient (Wildman–Crippen LogP) is 13.3. The number of rotatable bonds is 7. The van der Waals surface area contributed by atoms with Crippen LogP contribution in [-0.2, 0) is 0 Å². The second-order valence-corrected chi connectivity index (χ2v) is 13.9. The minimum absolute atomic E-state index is 0.530. The van der Waals surface area contributed by atoms with Gasteiger partial charge < -0.3 is 4.42 Å². The van der Waals surface area contributed by atoms with Crippen LogP contribution in [0.15, 0.2) is 199 Å². The summed E-state index contributed by atoms with van der Waals surface area (Å²) < 4.78 is 6.55. The lowest BCUT2D eigenvalue weighted by Crippen LogP contribution is -2.00. The summed E-state index contributed by atoms with van der Waals surface area (Å²) in [7, 11) is 0. The van der Waals surface area contributed by atoms with Crippen molar-refractivity contribution in [3.63, 3.8) is 0 Å². The van der Waals surface area contributed by atoms with E-state index >= 15 is 0 Å². The first-order valence-electron chi connectivity index (χ1n) is 18.8. The summed E-state index contributed by atoms with van der Waals surface area (Å²) in [5, 5.41) is 11.9. The first-order chi connectivity index (χ1) is 28.2. The van der Waals surface area contributed by atoms with Crippen molar-refractivity contribution in [1.29, 1.82) is 5.26 Å². The van der Waals surface area contributed by atoms with Crippen molar-refractivity contribution in [2.45, 2.75) is 0 Å². The maximum atomic E-state index is 9.85. The van der Waals surface area contributed by atoms with Gasteiger partial charge in [0.15, 0.2) is 17.5 Å². The molecular weight excluding hydrogens is 697 g/mol. The summed E-state index contributed by atoms with van der Waals surface area (Å²) in [4.78, 5) is 15.3. The molecule has 10 rings (SSSR count). The van der Waals surface area contributed by atoms with Crippen LogP contribution in [0.4, 0.5) is 0 Å². The number of fused-ring (bicyclic) bond motifs is 3. The second-order valence-electron chi connectivity index (χ2n) is 13.9. The minimum Gasteiger partial charge on any atom is -0.456 e. The van der Waals surface area contributed by atoms with Gasteiger partial charge in [0.1, 0.15) is 11.2 Å². The van der Waals surface area contributed by atoms with E-state index in [-0.39, 0.29) is 0 Å². The van der Waals surface area contributed by atoms with Gasteiger partial charge in [-0.15, -0.1) is 0 Å². The van der Waals surface area contributed by atoms with Crippen LogP contribution in [0, 0.1) is 11.3 Å². The molecule has 266 valence electrons. The molecule has 0 saturated heterocycles. The lowest BCUT2D eigenvalue weighted by Gasteiger charge is -2.11. The summed E-state index contributed by atoms with van der Waals surface area (Å²) in [5.74, 6) is 1.62. The van der Waals surface area contributed by atoms with Gasteiger partial charge in [-0.2, -0.15) is 5.26 Å². The molecule has 0 aliphatic rings. The van der Waals surface area contributed by atoms with E-state index in [2.05, 4.69) is 97.1 Å². The normalized spacial score (nSPS) is 11.1. The molecule has 57 heavy (non-hydrogen) atoms. The highest BCUT2D eigenvalue weighted by molar-refractivity contribution is 6.13. The molecule has 0 radical (unpaired) electrons. The monoisotopic (exact) mass is 728 g/mol. The van der Waals surface area contributed by atoms with E-state index in [4.69, 9.17) is 19.4 Å². The van der Waals surface area contributed by atoms with Crippen molar-refractivity contribution in [3.05, 3.63) is 200 Å². The van der Waals surface area contributed by atoms with Gasteiger partial charge in [-0.25, -0.2) is 15.0 Å². The molecule has 5 nitrogen and oxygen atoms in total. The third-order valence-electron chi connectivity index (χ3n) is 10.4. The number of aromatic nitrogens is 3. The lowest BCUT2D eigenvalue weighted by molar-refractivity contribution is 0.669. The molecule has 10 aromatic rings. The molecule has 2 heterocycles. The fraction of sp³-hybridized carbons (Fsp3) is 0. The summed E-state index contributed by atoms with van der Waals surface area (Å²) in [6.07, 6.45) is 0. The molecule has 0 bridgehead atoms. The molecule has 0 N–H and O–H groups in total. The van der Waals surface area contributed by atoms with E-state index in [1.165, 1.54) is 11.1 Å². The van der Waals surface area contributed by atoms with E-state index in [1.54, 1.807) is 0 Å². The van der Waals surface area contributed by atoms with E-state index in [1.807, 2.05) is 103 Å². The van der Waals surface area contributed by atoms with E-state index in [0.717, 1.165) is 72.0 Å². The molecule has 8 aromatic carbocycles. The Morgan fingerprint density at radius 1 is 0.351 bits per heavy atom. The number of hydrogen-bond donors (Lipinski definition) is 0. The average Bonchev–Trinajstić information content (AvgIpc) is 3.68. The van der Waals surface area contributed by atoms with Gasteiger partial charge in [0, 0.05) is 27.5 Å². The van der Waals surface area contributed by atoms with Crippen LogP contribution in [-0.4, -0.2) is 15.0 Å². The van der Waals surface area contributed by atoms with Gasteiger partial charge in [0.2, 0.25) is 0 Å². The predicted molar refractivity (Wildman–Crippen MR) is 230 cm³/mol. The van der Waals surface area contributed by atoms with Gasteiger partial charge in [0.05, 0.1) is 11.6 Å². The molecular formula is C52H32N4O. The van der Waals surface area contributed by atoms with E-state index in [9.17, 15) is 5.26 Å². The summed E-state index contributed by atoms with van der Waals surface area (Å²) in [6.45, 7) is 0. The Labute approximate surface area is 329 Å². The van der Waals surface area contributed by atoms with Crippen molar-refractivity contribution < 1.29 is 4.42 Å².